The average Bonchev–Trinajstić information content (AvgIpc) is 3.21. The molecule has 0 saturated heterocycles. The number of carbonyl (C=O) groups is 1. The molecule has 4 heteroatoms. The highest BCUT2D eigenvalue weighted by molar-refractivity contribution is 5.77. The first-order chi connectivity index (χ1) is 13.8. The summed E-state index contributed by atoms with van der Waals surface area (Å²) >= 11 is 0. The van der Waals surface area contributed by atoms with Gasteiger partial charge in [-0.1, -0.05) is 66.7 Å². The van der Waals surface area contributed by atoms with E-state index in [-0.39, 0.29) is 18.6 Å². The van der Waals surface area contributed by atoms with Gasteiger partial charge in [0.15, 0.2) is 11.5 Å². The molecule has 1 amide bonds. The summed E-state index contributed by atoms with van der Waals surface area (Å²) in [5, 5.41) is 3.06. The van der Waals surface area contributed by atoms with Crippen LogP contribution in [-0.2, 0) is 11.2 Å². The second kappa shape index (κ2) is 8.61. The standard InChI is InChI=1S/C24H23NO3/c26-24(25-14-13-18-11-12-22-23(15-18)28-17-27-22)16-21(19-7-3-1-4-8-19)20-9-5-2-6-10-20/h1-12,15,21H,13-14,16-17H2,(H,25,26). The lowest BCUT2D eigenvalue weighted by molar-refractivity contribution is -0.121. The Morgan fingerprint density at radius 3 is 2.18 bits per heavy atom. The molecule has 0 radical (unpaired) electrons. The van der Waals surface area contributed by atoms with E-state index >= 15 is 0 Å². The zero-order valence-corrected chi connectivity index (χ0v) is 15.6. The van der Waals surface area contributed by atoms with Crippen LogP contribution in [0.4, 0.5) is 0 Å². The lowest BCUT2D eigenvalue weighted by atomic mass is 9.88. The van der Waals surface area contributed by atoms with Crippen LogP contribution in [0.3, 0.4) is 0 Å². The molecule has 3 aromatic carbocycles. The second-order valence-electron chi connectivity index (χ2n) is 6.87. The van der Waals surface area contributed by atoms with Crippen molar-refractivity contribution in [3.63, 3.8) is 0 Å². The fourth-order valence-corrected chi connectivity index (χ4v) is 3.50. The van der Waals surface area contributed by atoms with Gasteiger partial charge in [-0.25, -0.2) is 0 Å². The summed E-state index contributed by atoms with van der Waals surface area (Å²) in [5.74, 6) is 1.66. The van der Waals surface area contributed by atoms with Crippen LogP contribution < -0.4 is 14.8 Å². The first-order valence-electron chi connectivity index (χ1n) is 9.55. The average molecular weight is 373 g/mol. The Hall–Kier alpha value is -3.27. The van der Waals surface area contributed by atoms with Gasteiger partial charge >= 0.3 is 0 Å². The van der Waals surface area contributed by atoms with E-state index in [1.165, 1.54) is 0 Å². The van der Waals surface area contributed by atoms with Crippen LogP contribution >= 0.6 is 0 Å². The highest BCUT2D eigenvalue weighted by Gasteiger charge is 2.18. The maximum atomic E-state index is 12.6. The summed E-state index contributed by atoms with van der Waals surface area (Å²) in [6.45, 7) is 0.866. The molecule has 4 nitrogen and oxygen atoms in total. The van der Waals surface area contributed by atoms with Gasteiger partial charge in [-0.3, -0.25) is 4.79 Å². The Labute approximate surface area is 165 Å². The van der Waals surface area contributed by atoms with Crippen LogP contribution in [0, 0.1) is 0 Å². The van der Waals surface area contributed by atoms with Crippen molar-refractivity contribution in [2.75, 3.05) is 13.3 Å². The number of fused-ring (bicyclic) bond motifs is 1. The van der Waals surface area contributed by atoms with Crippen LogP contribution in [0.25, 0.3) is 0 Å². The lowest BCUT2D eigenvalue weighted by Crippen LogP contribution is -2.27. The molecule has 0 atom stereocenters. The van der Waals surface area contributed by atoms with Crippen molar-refractivity contribution in [3.8, 4) is 11.5 Å². The third kappa shape index (κ3) is 4.34. The van der Waals surface area contributed by atoms with E-state index in [4.69, 9.17) is 9.47 Å². The number of hydrogen-bond acceptors (Lipinski definition) is 3. The number of amides is 1. The molecule has 0 spiro atoms. The predicted molar refractivity (Wildman–Crippen MR) is 109 cm³/mol. The Kier molecular flexibility index (Phi) is 5.57. The fourth-order valence-electron chi connectivity index (χ4n) is 3.50. The van der Waals surface area contributed by atoms with Gasteiger partial charge in [0.2, 0.25) is 12.7 Å². The smallest absolute Gasteiger partial charge is 0.231 e. The van der Waals surface area contributed by atoms with Crippen molar-refractivity contribution in [1.29, 1.82) is 0 Å². The Balaban J connectivity index is 1.37. The van der Waals surface area contributed by atoms with Crippen molar-refractivity contribution in [2.45, 2.75) is 18.8 Å². The molecule has 0 aromatic heterocycles. The molecule has 3 aromatic rings. The summed E-state index contributed by atoms with van der Waals surface area (Å²) in [7, 11) is 0. The second-order valence-corrected chi connectivity index (χ2v) is 6.87. The van der Waals surface area contributed by atoms with E-state index in [2.05, 4.69) is 29.6 Å². The van der Waals surface area contributed by atoms with E-state index < -0.39 is 0 Å². The maximum Gasteiger partial charge on any atom is 0.231 e. The van der Waals surface area contributed by atoms with Gasteiger partial charge in [0.25, 0.3) is 0 Å². The largest absolute Gasteiger partial charge is 0.454 e. The Morgan fingerprint density at radius 2 is 1.50 bits per heavy atom. The number of benzene rings is 3. The highest BCUT2D eigenvalue weighted by Crippen LogP contribution is 2.32. The number of ether oxygens (including phenoxy) is 2. The fraction of sp³-hybridized carbons (Fsp3) is 0.208. The molecule has 0 saturated carbocycles. The van der Waals surface area contributed by atoms with Crippen molar-refractivity contribution < 1.29 is 14.3 Å². The van der Waals surface area contributed by atoms with E-state index in [0.29, 0.717) is 13.0 Å². The van der Waals surface area contributed by atoms with E-state index in [1.54, 1.807) is 0 Å². The molecule has 0 fully saturated rings. The molecule has 142 valence electrons. The molecular formula is C24H23NO3. The highest BCUT2D eigenvalue weighted by atomic mass is 16.7. The summed E-state index contributed by atoms with van der Waals surface area (Å²) in [6.07, 6.45) is 1.18. The first-order valence-corrected chi connectivity index (χ1v) is 9.55. The third-order valence-electron chi connectivity index (χ3n) is 4.97. The van der Waals surface area contributed by atoms with Crippen molar-refractivity contribution in [2.24, 2.45) is 0 Å². The van der Waals surface area contributed by atoms with Gasteiger partial charge in [-0.05, 0) is 35.2 Å². The molecule has 4 rings (SSSR count). The quantitative estimate of drug-likeness (QED) is 0.672. The van der Waals surface area contributed by atoms with Gasteiger partial charge in [0, 0.05) is 18.9 Å². The zero-order valence-electron chi connectivity index (χ0n) is 15.6. The lowest BCUT2D eigenvalue weighted by Gasteiger charge is -2.18. The third-order valence-corrected chi connectivity index (χ3v) is 4.97. The molecular weight excluding hydrogens is 350 g/mol. The summed E-state index contributed by atoms with van der Waals surface area (Å²) in [5.41, 5.74) is 3.42. The van der Waals surface area contributed by atoms with Crippen LogP contribution in [0.1, 0.15) is 29.0 Å². The predicted octanol–water partition coefficient (Wildman–Crippen LogP) is 4.30. The van der Waals surface area contributed by atoms with Gasteiger partial charge < -0.3 is 14.8 Å². The summed E-state index contributed by atoms with van der Waals surface area (Å²) < 4.78 is 10.7. The van der Waals surface area contributed by atoms with Crippen LogP contribution in [-0.4, -0.2) is 19.2 Å². The van der Waals surface area contributed by atoms with Crippen molar-refractivity contribution in [1.82, 2.24) is 5.32 Å². The van der Waals surface area contributed by atoms with Crippen molar-refractivity contribution in [3.05, 3.63) is 95.6 Å². The molecule has 1 N–H and O–H groups in total. The van der Waals surface area contributed by atoms with Gasteiger partial charge in [0.1, 0.15) is 0 Å². The van der Waals surface area contributed by atoms with Crippen molar-refractivity contribution >= 4 is 5.91 Å². The van der Waals surface area contributed by atoms with Gasteiger partial charge in [0.05, 0.1) is 0 Å². The molecule has 1 aliphatic heterocycles. The molecule has 1 heterocycles. The molecule has 0 unspecified atom stereocenters. The minimum atomic E-state index is 0.0490. The Morgan fingerprint density at radius 1 is 0.857 bits per heavy atom. The number of nitrogens with one attached hydrogen (secondary N) is 1. The minimum Gasteiger partial charge on any atom is -0.454 e. The number of hydrogen-bond donors (Lipinski definition) is 1. The molecule has 1 aliphatic rings. The SMILES string of the molecule is O=C(CC(c1ccccc1)c1ccccc1)NCCc1ccc2c(c1)OCO2. The number of rotatable bonds is 7. The topological polar surface area (TPSA) is 47.6 Å². The summed E-state index contributed by atoms with van der Waals surface area (Å²) in [6, 6.07) is 26.3. The first kappa shape index (κ1) is 18.1. The summed E-state index contributed by atoms with van der Waals surface area (Å²) in [4.78, 5) is 12.6. The van der Waals surface area contributed by atoms with E-state index in [1.807, 2.05) is 54.6 Å². The van der Waals surface area contributed by atoms with E-state index in [0.717, 1.165) is 34.6 Å². The molecule has 28 heavy (non-hydrogen) atoms. The number of carbonyl (C=O) groups excluding carboxylic acids is 1. The normalized spacial score (nSPS) is 12.2. The minimum absolute atomic E-state index is 0.0490. The molecule has 0 aliphatic carbocycles. The maximum absolute atomic E-state index is 12.6. The van der Waals surface area contributed by atoms with Crippen LogP contribution in [0.15, 0.2) is 78.9 Å². The monoisotopic (exact) mass is 373 g/mol. The van der Waals surface area contributed by atoms with Crippen LogP contribution in [0.5, 0.6) is 11.5 Å². The van der Waals surface area contributed by atoms with E-state index in [9.17, 15) is 4.79 Å². The Bertz CT molecular complexity index is 886. The van der Waals surface area contributed by atoms with Gasteiger partial charge in [-0.2, -0.15) is 0 Å². The molecule has 0 bridgehead atoms. The van der Waals surface area contributed by atoms with Gasteiger partial charge in [-0.15, -0.1) is 0 Å². The van der Waals surface area contributed by atoms with Crippen LogP contribution in [0.2, 0.25) is 0 Å². The zero-order chi connectivity index (χ0) is 19.2.